The van der Waals surface area contributed by atoms with Crippen LogP contribution in [0, 0.1) is 0 Å². The molecule has 0 radical (unpaired) electrons. The summed E-state index contributed by atoms with van der Waals surface area (Å²) in [7, 11) is 0. The fourth-order valence-electron chi connectivity index (χ4n) is 4.74. The van der Waals surface area contributed by atoms with Crippen molar-refractivity contribution in [3.63, 3.8) is 0 Å². The summed E-state index contributed by atoms with van der Waals surface area (Å²) in [6.07, 6.45) is 0.811. The van der Waals surface area contributed by atoms with Crippen LogP contribution in [0.1, 0.15) is 51.9 Å². The Labute approximate surface area is 203 Å². The predicted molar refractivity (Wildman–Crippen MR) is 132 cm³/mol. The zero-order valence-corrected chi connectivity index (χ0v) is 19.3. The van der Waals surface area contributed by atoms with Crippen LogP contribution in [0.4, 0.5) is 11.4 Å². The molecule has 180 valence electrons. The molecule has 0 aromatic heterocycles. The maximum absolute atomic E-state index is 13.0. The number of aliphatic hydroxyl groups excluding tert-OH is 1. The highest BCUT2D eigenvalue weighted by Crippen LogP contribution is 2.39. The third-order valence-electron chi connectivity index (χ3n) is 6.59. The van der Waals surface area contributed by atoms with E-state index >= 15 is 0 Å². The van der Waals surface area contributed by atoms with Gasteiger partial charge in [0.1, 0.15) is 5.69 Å². The van der Waals surface area contributed by atoms with E-state index in [1.165, 1.54) is 10.7 Å². The van der Waals surface area contributed by atoms with Crippen LogP contribution in [0.25, 0.3) is 0 Å². The number of rotatable bonds is 6. The lowest BCUT2D eigenvalue weighted by Gasteiger charge is -2.31. The molecule has 1 fully saturated rings. The van der Waals surface area contributed by atoms with Crippen LogP contribution in [0.3, 0.4) is 0 Å². The average Bonchev–Trinajstić information content (AvgIpc) is 3.27. The first-order chi connectivity index (χ1) is 17.0. The van der Waals surface area contributed by atoms with Gasteiger partial charge in [-0.25, -0.2) is 9.80 Å². The molecule has 0 unspecified atom stereocenters. The van der Waals surface area contributed by atoms with Crippen LogP contribution in [0.5, 0.6) is 0 Å². The molecule has 0 saturated carbocycles. The molecule has 35 heavy (non-hydrogen) atoms. The second-order valence-corrected chi connectivity index (χ2v) is 8.87. The number of para-hydroxylation sites is 1. The second-order valence-electron chi connectivity index (χ2n) is 8.87. The first kappa shape index (κ1) is 22.9. The van der Waals surface area contributed by atoms with E-state index in [-0.39, 0.29) is 5.56 Å². The zero-order chi connectivity index (χ0) is 24.4. The molecular weight excluding hydrogens is 444 g/mol. The van der Waals surface area contributed by atoms with E-state index in [9.17, 15) is 14.7 Å². The number of hydrogen-bond acceptors (Lipinski definition) is 7. The molecule has 2 atom stereocenters. The van der Waals surface area contributed by atoms with Crippen molar-refractivity contribution in [1.82, 2.24) is 5.32 Å². The minimum Gasteiger partial charge on any atom is -0.377 e. The minimum absolute atomic E-state index is 0.233. The van der Waals surface area contributed by atoms with E-state index in [0.29, 0.717) is 23.7 Å². The largest absolute Gasteiger partial charge is 0.377 e. The highest BCUT2D eigenvalue weighted by atomic mass is 16.8. The lowest BCUT2D eigenvalue weighted by Crippen LogP contribution is -2.41. The van der Waals surface area contributed by atoms with E-state index < -0.39 is 18.0 Å². The van der Waals surface area contributed by atoms with Crippen LogP contribution < -0.4 is 21.2 Å². The number of aliphatic hydroxyl groups is 1. The van der Waals surface area contributed by atoms with E-state index in [0.717, 1.165) is 37.2 Å². The molecule has 4 N–H and O–H groups in total. The standard InChI is InChI=1S/C27H28N4O4/c28-26(33)23-10-4-8-21-17-30(22-13-11-18(12-14-22)20-9-5-15-29-16-20)31(24(21)23)35-27(34)25(32)19-6-2-1-3-7-19/h1-4,6-8,10-14,20,25,29,32H,5,9,15-17H2,(H2,28,33)/t20-,25-/m1/s1. The fourth-order valence-corrected chi connectivity index (χ4v) is 4.74. The molecular formula is C27H28N4O4. The predicted octanol–water partition coefficient (Wildman–Crippen LogP) is 3.19. The summed E-state index contributed by atoms with van der Waals surface area (Å²) in [4.78, 5) is 30.9. The number of anilines is 2. The highest BCUT2D eigenvalue weighted by molar-refractivity contribution is 6.00. The van der Waals surface area contributed by atoms with Gasteiger partial charge in [-0.05, 0) is 54.6 Å². The number of nitrogens with zero attached hydrogens (tertiary/aromatic N) is 2. The molecule has 5 rings (SSSR count). The first-order valence-electron chi connectivity index (χ1n) is 11.8. The third-order valence-corrected chi connectivity index (χ3v) is 6.59. The van der Waals surface area contributed by atoms with Gasteiger partial charge in [-0.1, -0.05) is 54.6 Å². The van der Waals surface area contributed by atoms with Crippen LogP contribution in [-0.4, -0.2) is 30.1 Å². The van der Waals surface area contributed by atoms with Crippen LogP contribution in [0.2, 0.25) is 0 Å². The topological polar surface area (TPSA) is 108 Å². The van der Waals surface area contributed by atoms with Crippen LogP contribution in [-0.2, 0) is 16.2 Å². The van der Waals surface area contributed by atoms with Gasteiger partial charge in [0.15, 0.2) is 6.10 Å². The number of primary amides is 1. The number of amides is 1. The molecule has 3 aromatic carbocycles. The highest BCUT2D eigenvalue weighted by Gasteiger charge is 2.36. The van der Waals surface area contributed by atoms with Crippen molar-refractivity contribution >= 4 is 23.3 Å². The number of hydrogen-bond donors (Lipinski definition) is 3. The molecule has 1 amide bonds. The number of carbonyl (C=O) groups excluding carboxylic acids is 2. The number of fused-ring (bicyclic) bond motifs is 1. The van der Waals surface area contributed by atoms with Gasteiger partial charge in [0.2, 0.25) is 0 Å². The minimum atomic E-state index is -1.48. The molecule has 3 aromatic rings. The molecule has 0 bridgehead atoms. The van der Waals surface area contributed by atoms with Gasteiger partial charge in [-0.3, -0.25) is 4.79 Å². The van der Waals surface area contributed by atoms with Crippen LogP contribution >= 0.6 is 0 Å². The van der Waals surface area contributed by atoms with Gasteiger partial charge in [0, 0.05) is 12.1 Å². The first-order valence-corrected chi connectivity index (χ1v) is 11.8. The van der Waals surface area contributed by atoms with Crippen LogP contribution in [0.15, 0.2) is 72.8 Å². The monoisotopic (exact) mass is 472 g/mol. The van der Waals surface area contributed by atoms with Gasteiger partial charge in [0.05, 0.1) is 17.8 Å². The maximum Gasteiger partial charge on any atom is 0.367 e. The normalized spacial score (nSPS) is 18.1. The van der Waals surface area contributed by atoms with Crippen molar-refractivity contribution in [2.45, 2.75) is 31.4 Å². The van der Waals surface area contributed by atoms with Gasteiger partial charge < -0.3 is 21.0 Å². The summed E-state index contributed by atoms with van der Waals surface area (Å²) < 4.78 is 0. The number of nitrogens with two attached hydrogens (primary N) is 1. The third kappa shape index (κ3) is 4.58. The average molecular weight is 473 g/mol. The SMILES string of the molecule is NC(=O)c1cccc2c1N(OC(=O)[C@H](O)c1ccccc1)N(c1ccc([C@@H]3CCCNC3)cc1)C2. The Morgan fingerprint density at radius 3 is 2.49 bits per heavy atom. The lowest BCUT2D eigenvalue weighted by molar-refractivity contribution is -0.155. The summed E-state index contributed by atoms with van der Waals surface area (Å²) >= 11 is 0. The lowest BCUT2D eigenvalue weighted by atomic mass is 9.91. The fraction of sp³-hybridized carbons (Fsp3) is 0.259. The van der Waals surface area contributed by atoms with Crippen molar-refractivity contribution in [3.05, 3.63) is 95.1 Å². The van der Waals surface area contributed by atoms with Gasteiger partial charge in [-0.15, -0.1) is 5.17 Å². The number of piperidine rings is 1. The van der Waals surface area contributed by atoms with E-state index in [4.69, 9.17) is 10.6 Å². The van der Waals surface area contributed by atoms with Crippen molar-refractivity contribution < 1.29 is 19.5 Å². The molecule has 8 nitrogen and oxygen atoms in total. The summed E-state index contributed by atoms with van der Waals surface area (Å²) in [5, 5.41) is 17.1. The summed E-state index contributed by atoms with van der Waals surface area (Å²) in [5.74, 6) is -1.03. The molecule has 2 aliphatic rings. The zero-order valence-electron chi connectivity index (χ0n) is 19.3. The molecule has 8 heteroatoms. The molecule has 2 heterocycles. The van der Waals surface area contributed by atoms with Gasteiger partial charge in [-0.2, -0.15) is 0 Å². The number of hydrazine groups is 1. The summed E-state index contributed by atoms with van der Waals surface area (Å²) in [6, 6.07) is 21.9. The smallest absolute Gasteiger partial charge is 0.367 e. The van der Waals surface area contributed by atoms with Crippen molar-refractivity contribution in [3.8, 4) is 0 Å². The second kappa shape index (κ2) is 9.77. The van der Waals surface area contributed by atoms with E-state index in [2.05, 4.69) is 17.4 Å². The molecule has 0 spiro atoms. The number of carbonyl (C=O) groups is 2. The van der Waals surface area contributed by atoms with Crippen molar-refractivity contribution in [1.29, 1.82) is 0 Å². The Hall–Kier alpha value is -3.88. The van der Waals surface area contributed by atoms with Gasteiger partial charge >= 0.3 is 5.97 Å². The summed E-state index contributed by atoms with van der Waals surface area (Å²) in [6.45, 7) is 2.38. The molecule has 1 saturated heterocycles. The van der Waals surface area contributed by atoms with Crippen molar-refractivity contribution in [2.75, 3.05) is 23.3 Å². The quantitative estimate of drug-likeness (QED) is 0.506. The Bertz CT molecular complexity index is 1210. The molecule has 2 aliphatic heterocycles. The maximum atomic E-state index is 13.0. The Kier molecular flexibility index (Phi) is 6.39. The molecule has 0 aliphatic carbocycles. The van der Waals surface area contributed by atoms with E-state index in [1.807, 2.05) is 18.2 Å². The Morgan fingerprint density at radius 2 is 1.80 bits per heavy atom. The number of nitrogens with one attached hydrogen (secondary N) is 1. The summed E-state index contributed by atoms with van der Waals surface area (Å²) in [5.41, 5.74) is 9.50. The Balaban J connectivity index is 1.46. The van der Waals surface area contributed by atoms with Crippen molar-refractivity contribution in [2.24, 2.45) is 5.73 Å². The van der Waals surface area contributed by atoms with E-state index in [1.54, 1.807) is 47.5 Å². The number of benzene rings is 3. The van der Waals surface area contributed by atoms with Gasteiger partial charge in [0.25, 0.3) is 5.91 Å². The Morgan fingerprint density at radius 1 is 1.03 bits per heavy atom.